The topological polar surface area (TPSA) is 89.9 Å². The minimum Gasteiger partial charge on any atom is -0.309 e. The maximum absolute atomic E-state index is 14.6. The largest absolute Gasteiger partial charge is 0.416 e. The molecule has 10 heteroatoms. The zero-order chi connectivity index (χ0) is 49.1. The molecule has 332 valence electrons. The third-order valence-electron chi connectivity index (χ3n) is 13.1. The highest BCUT2D eigenvalue weighted by Crippen LogP contribution is 2.45. The minimum atomic E-state index is -4.61. The molecule has 0 amide bonds. The number of aromatic nitrogens is 2. The molecule has 0 radical (unpaired) electrons. The average molecular weight is 920 g/mol. The molecule has 2 heterocycles. The van der Waals surface area contributed by atoms with E-state index >= 15 is 0 Å². The van der Waals surface area contributed by atoms with Gasteiger partial charge in [0.15, 0.2) is 11.4 Å². The van der Waals surface area contributed by atoms with Crippen molar-refractivity contribution in [2.45, 2.75) is 13.1 Å². The summed E-state index contributed by atoms with van der Waals surface area (Å²) in [6.07, 6.45) is -4.61. The van der Waals surface area contributed by atoms with E-state index in [1.807, 2.05) is 109 Å². The number of nitrogens with zero attached hydrogens (tertiary/aromatic N) is 7. The molecule has 0 saturated heterocycles. The van der Waals surface area contributed by atoms with Gasteiger partial charge in [-0.15, -0.1) is 0 Å². The van der Waals surface area contributed by atoms with Crippen LogP contribution in [0.25, 0.3) is 109 Å². The number of halogens is 3. The number of alkyl halides is 3. The second-order valence-electron chi connectivity index (χ2n) is 17.2. The first-order chi connectivity index (χ1) is 34.5. The van der Waals surface area contributed by atoms with Gasteiger partial charge in [0, 0.05) is 43.9 Å². The van der Waals surface area contributed by atoms with E-state index in [1.165, 1.54) is 6.07 Å². The van der Waals surface area contributed by atoms with Gasteiger partial charge in [-0.05, 0) is 148 Å². The lowest BCUT2D eigenvalue weighted by Gasteiger charge is -2.20. The van der Waals surface area contributed by atoms with Gasteiger partial charge in [-0.2, -0.15) is 29.0 Å². The van der Waals surface area contributed by atoms with Gasteiger partial charge in [-0.3, -0.25) is 0 Å². The Kier molecular flexibility index (Phi) is 10.3. The zero-order valence-corrected chi connectivity index (χ0v) is 37.5. The van der Waals surface area contributed by atoms with Crippen LogP contribution in [0.2, 0.25) is 0 Å². The smallest absolute Gasteiger partial charge is 0.309 e. The second kappa shape index (κ2) is 16.9. The van der Waals surface area contributed by atoms with Crippen LogP contribution >= 0.6 is 0 Å². The van der Waals surface area contributed by atoms with Crippen molar-refractivity contribution in [3.63, 3.8) is 0 Å². The summed E-state index contributed by atoms with van der Waals surface area (Å²) in [6.45, 7) is 17.0. The first-order valence-electron chi connectivity index (χ1n) is 22.3. The SMILES string of the molecule is [C-]#[N+]c1ccc(-c2ccc3c(c2)c2ccccc2n3-c2ccc(-c3cc(C)cc(C(F)(F)F)c3)c(-c3cc(C#N)ccc3-n3c4ccccc4c4cc(-c5ccc(C#N)cc5[N+]#[C-])ccc43)c2)c(C#N)c1. The molecule has 0 atom stereocenters. The highest BCUT2D eigenvalue weighted by atomic mass is 19.4. The zero-order valence-electron chi connectivity index (χ0n) is 37.5. The molecule has 0 aliphatic heterocycles. The number of fused-ring (bicyclic) bond motifs is 6. The molecule has 0 fully saturated rings. The highest BCUT2D eigenvalue weighted by Gasteiger charge is 2.31. The standard InChI is InChI=1S/C61H32F3N7/c1-36-24-41(28-43(25-36)61(62,63)64)47-20-17-45(70-56-10-6-4-8-49(56)53-30-39(14-22-58(53)70)46-19-16-44(68-2)29-42(46)35-67)32-51(47)52-26-37(33-65)13-21-59(52)71-57-11-7-5-9-50(57)54-31-40(15-23-60(54)71)48-18-12-38(34-66)27-55(48)69-3/h4-32H,1H3. The molecule has 71 heavy (non-hydrogen) atoms. The van der Waals surface area contributed by atoms with Crippen LogP contribution in [0.3, 0.4) is 0 Å². The van der Waals surface area contributed by atoms with Gasteiger partial charge in [0.25, 0.3) is 0 Å². The van der Waals surface area contributed by atoms with Crippen molar-refractivity contribution in [1.29, 1.82) is 15.8 Å². The molecule has 11 rings (SSSR count). The van der Waals surface area contributed by atoms with E-state index < -0.39 is 11.7 Å². The van der Waals surface area contributed by atoms with Crippen LogP contribution in [0.5, 0.6) is 0 Å². The van der Waals surface area contributed by atoms with Crippen LogP contribution in [-0.2, 0) is 6.18 Å². The summed E-state index contributed by atoms with van der Waals surface area (Å²) in [5.74, 6) is 0. The lowest BCUT2D eigenvalue weighted by Crippen LogP contribution is -2.06. The molecular weight excluding hydrogens is 888 g/mol. The Hall–Kier alpha value is -10.2. The highest BCUT2D eigenvalue weighted by molar-refractivity contribution is 6.13. The van der Waals surface area contributed by atoms with Crippen molar-refractivity contribution in [2.24, 2.45) is 0 Å². The molecule has 0 N–H and O–H groups in total. The molecule has 2 aromatic heterocycles. The van der Waals surface area contributed by atoms with E-state index in [0.29, 0.717) is 78.4 Å². The summed E-state index contributed by atoms with van der Waals surface area (Å²) in [5, 5.41) is 33.7. The molecule has 7 nitrogen and oxygen atoms in total. The Morgan fingerprint density at radius 2 is 1.07 bits per heavy atom. The quantitative estimate of drug-likeness (QED) is 0.156. The van der Waals surface area contributed by atoms with Gasteiger partial charge in [-0.1, -0.05) is 78.9 Å². The molecule has 0 spiro atoms. The summed E-state index contributed by atoms with van der Waals surface area (Å²) in [4.78, 5) is 7.25. The van der Waals surface area contributed by atoms with E-state index in [1.54, 1.807) is 61.5 Å². The summed E-state index contributed by atoms with van der Waals surface area (Å²) < 4.78 is 48.0. The fourth-order valence-corrected chi connectivity index (χ4v) is 9.97. The van der Waals surface area contributed by atoms with Crippen molar-refractivity contribution in [2.75, 3.05) is 0 Å². The summed E-state index contributed by atoms with van der Waals surface area (Å²) >= 11 is 0. The third kappa shape index (κ3) is 7.27. The number of rotatable bonds is 6. The molecule has 0 bridgehead atoms. The number of aryl methyl sites for hydroxylation is 1. The number of hydrogen-bond acceptors (Lipinski definition) is 3. The van der Waals surface area contributed by atoms with E-state index in [-0.39, 0.29) is 0 Å². The molecule has 0 aliphatic rings. The third-order valence-corrected chi connectivity index (χ3v) is 13.1. The predicted octanol–water partition coefficient (Wildman–Crippen LogP) is 16.6. The number of hydrogen-bond donors (Lipinski definition) is 0. The summed E-state index contributed by atoms with van der Waals surface area (Å²) in [7, 11) is 0. The van der Waals surface area contributed by atoms with Crippen LogP contribution in [0, 0.1) is 54.1 Å². The van der Waals surface area contributed by atoms with Crippen molar-refractivity contribution >= 4 is 55.0 Å². The van der Waals surface area contributed by atoms with Gasteiger partial charge >= 0.3 is 6.18 Å². The van der Waals surface area contributed by atoms with Crippen molar-refractivity contribution in [1.82, 2.24) is 9.13 Å². The Morgan fingerprint density at radius 1 is 0.465 bits per heavy atom. The van der Waals surface area contributed by atoms with Gasteiger partial charge in [0.2, 0.25) is 0 Å². The molecule has 0 aliphatic carbocycles. The van der Waals surface area contributed by atoms with Crippen LogP contribution in [0.1, 0.15) is 27.8 Å². The maximum Gasteiger partial charge on any atom is 0.416 e. The van der Waals surface area contributed by atoms with E-state index in [9.17, 15) is 29.0 Å². The Balaban J connectivity index is 1.19. The summed E-state index contributed by atoms with van der Waals surface area (Å²) in [5.41, 5.74) is 11.2. The van der Waals surface area contributed by atoms with Crippen molar-refractivity contribution < 1.29 is 13.2 Å². The lowest BCUT2D eigenvalue weighted by molar-refractivity contribution is -0.137. The number of benzene rings is 9. The second-order valence-corrected chi connectivity index (χ2v) is 17.2. The first-order valence-corrected chi connectivity index (χ1v) is 22.3. The fourth-order valence-electron chi connectivity index (χ4n) is 9.97. The van der Waals surface area contributed by atoms with Crippen molar-refractivity contribution in [3.8, 4) is 74.1 Å². The van der Waals surface area contributed by atoms with Gasteiger partial charge in [0.1, 0.15) is 0 Å². The average Bonchev–Trinajstić information content (AvgIpc) is 3.91. The maximum atomic E-state index is 14.6. The van der Waals surface area contributed by atoms with Crippen molar-refractivity contribution in [3.05, 3.63) is 227 Å². The fraction of sp³-hybridized carbons (Fsp3) is 0.0328. The Bertz CT molecular complexity index is 4310. The van der Waals surface area contributed by atoms with Gasteiger partial charge in [-0.25, -0.2) is 9.69 Å². The molecule has 9 aromatic carbocycles. The molecular formula is C61H32F3N7. The number of para-hydroxylation sites is 2. The monoisotopic (exact) mass is 919 g/mol. The van der Waals surface area contributed by atoms with Crippen LogP contribution in [0.15, 0.2) is 176 Å². The molecule has 11 aromatic rings. The van der Waals surface area contributed by atoms with E-state index in [2.05, 4.69) is 37.0 Å². The Morgan fingerprint density at radius 3 is 1.73 bits per heavy atom. The minimum absolute atomic E-state index is 0.349. The van der Waals surface area contributed by atoms with Crippen LogP contribution in [0.4, 0.5) is 24.5 Å². The van der Waals surface area contributed by atoms with Gasteiger partial charge in [0.05, 0.1) is 70.2 Å². The van der Waals surface area contributed by atoms with Crippen LogP contribution < -0.4 is 0 Å². The molecule has 0 saturated carbocycles. The van der Waals surface area contributed by atoms with Gasteiger partial charge < -0.3 is 9.13 Å². The van der Waals surface area contributed by atoms with E-state index in [0.717, 1.165) is 60.8 Å². The number of nitriles is 3. The Labute approximate surface area is 405 Å². The molecule has 0 unspecified atom stereocenters. The van der Waals surface area contributed by atoms with E-state index in [4.69, 9.17) is 13.1 Å². The summed E-state index contributed by atoms with van der Waals surface area (Å²) in [6, 6.07) is 59.7. The lowest BCUT2D eigenvalue weighted by atomic mass is 9.90. The van der Waals surface area contributed by atoms with Crippen LogP contribution in [-0.4, -0.2) is 9.13 Å². The normalized spacial score (nSPS) is 11.3. The predicted molar refractivity (Wildman–Crippen MR) is 273 cm³/mol. The first kappa shape index (κ1) is 43.4.